The smallest absolute Gasteiger partial charge is 0.136 e. The molecule has 1 N–H and O–H groups in total. The average molecular weight is 294 g/mol. The summed E-state index contributed by atoms with van der Waals surface area (Å²) in [7, 11) is 1.49. The topological polar surface area (TPSA) is 47.1 Å². The SMILES string of the molecule is CCOCc1nc(=S)cc(-c2ccc(OC)cc2F)[nH]1. The third-order valence-electron chi connectivity index (χ3n) is 2.70. The van der Waals surface area contributed by atoms with E-state index < -0.39 is 0 Å². The average Bonchev–Trinajstić information content (AvgIpc) is 2.44. The van der Waals surface area contributed by atoms with E-state index in [4.69, 9.17) is 21.7 Å². The van der Waals surface area contributed by atoms with Crippen molar-refractivity contribution in [2.75, 3.05) is 13.7 Å². The van der Waals surface area contributed by atoms with Gasteiger partial charge in [0.1, 0.15) is 28.6 Å². The predicted molar refractivity (Wildman–Crippen MR) is 76.7 cm³/mol. The summed E-state index contributed by atoms with van der Waals surface area (Å²) in [6, 6.07) is 6.28. The van der Waals surface area contributed by atoms with Gasteiger partial charge in [-0.1, -0.05) is 12.2 Å². The quantitative estimate of drug-likeness (QED) is 0.858. The lowest BCUT2D eigenvalue weighted by atomic mass is 10.1. The zero-order valence-electron chi connectivity index (χ0n) is 11.3. The molecule has 2 aromatic rings. The van der Waals surface area contributed by atoms with Crippen LogP contribution in [0.15, 0.2) is 24.3 Å². The summed E-state index contributed by atoms with van der Waals surface area (Å²) >= 11 is 5.10. The van der Waals surface area contributed by atoms with Crippen LogP contribution in [-0.2, 0) is 11.3 Å². The fourth-order valence-electron chi connectivity index (χ4n) is 1.76. The van der Waals surface area contributed by atoms with Crippen LogP contribution in [0.5, 0.6) is 5.75 Å². The molecule has 1 aromatic carbocycles. The van der Waals surface area contributed by atoms with Crippen LogP contribution in [0.25, 0.3) is 11.3 Å². The Morgan fingerprint density at radius 3 is 2.80 bits per heavy atom. The van der Waals surface area contributed by atoms with Gasteiger partial charge in [-0.25, -0.2) is 9.37 Å². The van der Waals surface area contributed by atoms with E-state index in [2.05, 4.69) is 9.97 Å². The molecule has 0 aliphatic carbocycles. The molecule has 0 amide bonds. The van der Waals surface area contributed by atoms with E-state index in [1.807, 2.05) is 6.92 Å². The molecule has 0 atom stereocenters. The van der Waals surface area contributed by atoms with E-state index in [0.717, 1.165) is 0 Å². The van der Waals surface area contributed by atoms with E-state index in [0.29, 0.717) is 40.7 Å². The van der Waals surface area contributed by atoms with E-state index in [1.165, 1.54) is 13.2 Å². The lowest BCUT2D eigenvalue weighted by Crippen LogP contribution is -2.01. The van der Waals surface area contributed by atoms with Crippen molar-refractivity contribution in [2.45, 2.75) is 13.5 Å². The summed E-state index contributed by atoms with van der Waals surface area (Å²) < 4.78 is 24.7. The number of halogens is 1. The molecule has 0 saturated carbocycles. The Labute approximate surface area is 121 Å². The molecule has 1 aromatic heterocycles. The van der Waals surface area contributed by atoms with E-state index in [-0.39, 0.29) is 5.82 Å². The number of benzene rings is 1. The number of nitrogens with zero attached hydrogens (tertiary/aromatic N) is 1. The first kappa shape index (κ1) is 14.6. The standard InChI is InChI=1S/C14H15FN2O2S/c1-3-19-8-13-16-12(7-14(20)17-13)10-5-4-9(18-2)6-11(10)15/h4-7H,3,8H2,1-2H3,(H,16,17,20). The zero-order chi connectivity index (χ0) is 14.5. The molecule has 2 rings (SSSR count). The van der Waals surface area contributed by atoms with Crippen molar-refractivity contribution in [1.29, 1.82) is 0 Å². The number of aromatic nitrogens is 2. The maximum atomic E-state index is 14.1. The molecule has 1 heterocycles. The van der Waals surface area contributed by atoms with Crippen LogP contribution in [0.2, 0.25) is 0 Å². The van der Waals surface area contributed by atoms with Crippen LogP contribution >= 0.6 is 12.2 Å². The number of aromatic amines is 1. The third kappa shape index (κ3) is 3.40. The van der Waals surface area contributed by atoms with Crippen molar-refractivity contribution in [3.63, 3.8) is 0 Å². The minimum absolute atomic E-state index is 0.311. The fraction of sp³-hybridized carbons (Fsp3) is 0.286. The summed E-state index contributed by atoms with van der Waals surface area (Å²) in [5, 5.41) is 0. The Morgan fingerprint density at radius 2 is 2.15 bits per heavy atom. The van der Waals surface area contributed by atoms with E-state index in [9.17, 15) is 4.39 Å². The van der Waals surface area contributed by atoms with Gasteiger partial charge in [-0.3, -0.25) is 0 Å². The molecule has 106 valence electrons. The van der Waals surface area contributed by atoms with Crippen molar-refractivity contribution >= 4 is 12.2 Å². The van der Waals surface area contributed by atoms with Crippen molar-refractivity contribution in [2.24, 2.45) is 0 Å². The van der Waals surface area contributed by atoms with Crippen LogP contribution in [0.4, 0.5) is 4.39 Å². The first-order chi connectivity index (χ1) is 9.63. The number of methoxy groups -OCH3 is 1. The number of hydrogen-bond acceptors (Lipinski definition) is 4. The van der Waals surface area contributed by atoms with Gasteiger partial charge in [-0.2, -0.15) is 0 Å². The minimum Gasteiger partial charge on any atom is -0.497 e. The molecule has 0 fully saturated rings. The second-order valence-electron chi connectivity index (χ2n) is 4.06. The summed E-state index contributed by atoms with van der Waals surface area (Å²) in [6.45, 7) is 2.77. The largest absolute Gasteiger partial charge is 0.497 e. The number of ether oxygens (including phenoxy) is 2. The molecule has 0 radical (unpaired) electrons. The van der Waals surface area contributed by atoms with Gasteiger partial charge in [-0.05, 0) is 25.1 Å². The van der Waals surface area contributed by atoms with Gasteiger partial charge in [0, 0.05) is 18.2 Å². The van der Waals surface area contributed by atoms with Crippen molar-refractivity contribution in [1.82, 2.24) is 9.97 Å². The highest BCUT2D eigenvalue weighted by Crippen LogP contribution is 2.24. The lowest BCUT2D eigenvalue weighted by molar-refractivity contribution is 0.128. The second kappa shape index (κ2) is 6.58. The molecule has 6 heteroatoms. The van der Waals surface area contributed by atoms with Crippen LogP contribution in [0.1, 0.15) is 12.7 Å². The Bertz CT molecular complexity index is 658. The molecule has 0 spiro atoms. The molecular weight excluding hydrogens is 279 g/mol. The van der Waals surface area contributed by atoms with Crippen molar-refractivity contribution < 1.29 is 13.9 Å². The highest BCUT2D eigenvalue weighted by Gasteiger charge is 2.09. The van der Waals surface area contributed by atoms with Gasteiger partial charge in [0.25, 0.3) is 0 Å². The maximum Gasteiger partial charge on any atom is 0.136 e. The fourth-order valence-corrected chi connectivity index (χ4v) is 1.99. The Morgan fingerprint density at radius 1 is 1.35 bits per heavy atom. The van der Waals surface area contributed by atoms with E-state index in [1.54, 1.807) is 18.2 Å². The van der Waals surface area contributed by atoms with E-state index >= 15 is 0 Å². The molecule has 0 aliphatic rings. The monoisotopic (exact) mass is 294 g/mol. The first-order valence-electron chi connectivity index (χ1n) is 6.16. The zero-order valence-corrected chi connectivity index (χ0v) is 12.1. The first-order valence-corrected chi connectivity index (χ1v) is 6.56. The summed E-state index contributed by atoms with van der Waals surface area (Å²) in [5.74, 6) is 0.654. The summed E-state index contributed by atoms with van der Waals surface area (Å²) in [5.41, 5.74) is 0.983. The van der Waals surface area contributed by atoms with Crippen LogP contribution in [0, 0.1) is 10.5 Å². The van der Waals surface area contributed by atoms with Gasteiger partial charge in [0.15, 0.2) is 0 Å². The van der Waals surface area contributed by atoms with Crippen LogP contribution in [0.3, 0.4) is 0 Å². The van der Waals surface area contributed by atoms with Gasteiger partial charge < -0.3 is 14.5 Å². The second-order valence-corrected chi connectivity index (χ2v) is 4.48. The number of H-pyrrole nitrogens is 1. The Balaban J connectivity index is 2.41. The number of nitrogens with one attached hydrogen (secondary N) is 1. The number of hydrogen-bond donors (Lipinski definition) is 1. The molecule has 20 heavy (non-hydrogen) atoms. The minimum atomic E-state index is -0.386. The van der Waals surface area contributed by atoms with Gasteiger partial charge in [0.05, 0.1) is 12.8 Å². The molecule has 4 nitrogen and oxygen atoms in total. The van der Waals surface area contributed by atoms with Crippen molar-refractivity contribution in [3.05, 3.63) is 40.5 Å². The predicted octanol–water partition coefficient (Wildman–Crippen LogP) is 3.49. The van der Waals surface area contributed by atoms with Crippen molar-refractivity contribution in [3.8, 4) is 17.0 Å². The maximum absolute atomic E-state index is 14.1. The summed E-state index contributed by atoms with van der Waals surface area (Å²) in [4.78, 5) is 7.18. The third-order valence-corrected chi connectivity index (χ3v) is 2.91. The van der Waals surface area contributed by atoms with Crippen LogP contribution in [-0.4, -0.2) is 23.7 Å². The highest BCUT2D eigenvalue weighted by atomic mass is 32.1. The van der Waals surface area contributed by atoms with Gasteiger partial charge in [-0.15, -0.1) is 0 Å². The molecule has 0 saturated heterocycles. The highest BCUT2D eigenvalue weighted by molar-refractivity contribution is 7.71. The molecule has 0 unspecified atom stereocenters. The van der Waals surface area contributed by atoms with Crippen LogP contribution < -0.4 is 4.74 Å². The summed E-state index contributed by atoms with van der Waals surface area (Å²) in [6.07, 6.45) is 0. The lowest BCUT2D eigenvalue weighted by Gasteiger charge is -2.08. The normalized spacial score (nSPS) is 10.6. The molecule has 0 bridgehead atoms. The number of rotatable bonds is 5. The Kier molecular flexibility index (Phi) is 4.81. The molecule has 0 aliphatic heterocycles. The van der Waals surface area contributed by atoms with Gasteiger partial charge in [0.2, 0.25) is 0 Å². The molecular formula is C14H15FN2O2S. The van der Waals surface area contributed by atoms with Gasteiger partial charge >= 0.3 is 0 Å². The Hall–Kier alpha value is -1.79.